The molecule has 0 aliphatic heterocycles. The van der Waals surface area contributed by atoms with Gasteiger partial charge < -0.3 is 5.11 Å². The number of rotatable bonds is 6. The Balaban J connectivity index is 2.45. The van der Waals surface area contributed by atoms with Crippen LogP contribution < -0.4 is 4.72 Å². The molecule has 0 amide bonds. The van der Waals surface area contributed by atoms with Gasteiger partial charge in [-0.05, 0) is 29.8 Å². The minimum atomic E-state index is -5.09. The van der Waals surface area contributed by atoms with Gasteiger partial charge in [0.1, 0.15) is 15.8 Å². The van der Waals surface area contributed by atoms with E-state index in [2.05, 4.69) is 0 Å². The number of hydrogen-bond acceptors (Lipinski definition) is 4. The van der Waals surface area contributed by atoms with Crippen molar-refractivity contribution >= 4 is 33.0 Å². The van der Waals surface area contributed by atoms with Crippen molar-refractivity contribution in [1.82, 2.24) is 4.72 Å². The van der Waals surface area contributed by atoms with Gasteiger partial charge in [0.05, 0.1) is 22.9 Å². The second-order valence-electron chi connectivity index (χ2n) is 5.19. The van der Waals surface area contributed by atoms with Crippen molar-refractivity contribution in [2.45, 2.75) is 22.3 Å². The van der Waals surface area contributed by atoms with Crippen LogP contribution in [0, 0.1) is 11.6 Å². The second kappa shape index (κ2) is 7.77. The number of nitrogens with one attached hydrogen (secondary N) is 1. The van der Waals surface area contributed by atoms with Crippen molar-refractivity contribution in [2.75, 3.05) is 6.61 Å². The summed E-state index contributed by atoms with van der Waals surface area (Å²) in [5.74, 6) is -5.21. The maximum Gasteiger partial charge on any atom is 0.397 e. The fourth-order valence-electron chi connectivity index (χ4n) is 2.31. The van der Waals surface area contributed by atoms with Gasteiger partial charge in [-0.2, -0.15) is 13.2 Å². The summed E-state index contributed by atoms with van der Waals surface area (Å²) >= 11 is 6.22. The van der Waals surface area contributed by atoms with Crippen molar-refractivity contribution in [3.8, 4) is 0 Å². The van der Waals surface area contributed by atoms with Gasteiger partial charge in [-0.25, -0.2) is 21.9 Å². The average molecular weight is 436 g/mol. The van der Waals surface area contributed by atoms with E-state index >= 15 is 0 Å². The SMILES string of the molecule is O=S(=O)(N[C@H](CO)[C@@H](c1cc(F)cc(F)c1)C(F)(F)F)c1ccc(Cl)s1. The first-order chi connectivity index (χ1) is 11.9. The van der Waals surface area contributed by atoms with Gasteiger partial charge in [0.25, 0.3) is 0 Å². The van der Waals surface area contributed by atoms with E-state index in [4.69, 9.17) is 11.6 Å². The topological polar surface area (TPSA) is 66.4 Å². The zero-order chi connectivity index (χ0) is 19.7. The molecular weight excluding hydrogens is 425 g/mol. The van der Waals surface area contributed by atoms with Crippen LogP contribution in [0.4, 0.5) is 22.0 Å². The molecule has 2 atom stereocenters. The predicted molar refractivity (Wildman–Crippen MR) is 85.7 cm³/mol. The maximum atomic E-state index is 13.5. The summed E-state index contributed by atoms with van der Waals surface area (Å²) in [6.07, 6.45) is -5.09. The number of benzene rings is 1. The molecule has 0 fully saturated rings. The lowest BCUT2D eigenvalue weighted by atomic mass is 9.91. The first kappa shape index (κ1) is 21.0. The van der Waals surface area contributed by atoms with Gasteiger partial charge in [-0.3, -0.25) is 0 Å². The molecule has 0 radical (unpaired) electrons. The molecular formula is C14H11ClF5NO3S2. The number of alkyl halides is 3. The number of sulfonamides is 1. The number of aliphatic hydroxyl groups is 1. The molecule has 144 valence electrons. The summed E-state index contributed by atoms with van der Waals surface area (Å²) in [7, 11) is -4.45. The van der Waals surface area contributed by atoms with Gasteiger partial charge in [0.2, 0.25) is 10.0 Å². The Labute approximate surface area is 154 Å². The number of aliphatic hydroxyl groups excluding tert-OH is 1. The monoisotopic (exact) mass is 435 g/mol. The maximum absolute atomic E-state index is 13.5. The highest BCUT2D eigenvalue weighted by Crippen LogP contribution is 2.38. The standard InChI is InChI=1S/C14H11ClF5NO3S2/c15-11-1-2-12(25-11)26(23,24)21-10(6-22)13(14(18,19)20)7-3-8(16)5-9(17)4-7/h1-5,10,13,21-22H,6H2/t10-,13-/m1/s1. The summed E-state index contributed by atoms with van der Waals surface area (Å²) in [6.45, 7) is -1.26. The Morgan fingerprint density at radius 1 is 1.15 bits per heavy atom. The highest BCUT2D eigenvalue weighted by Gasteiger charge is 2.47. The number of halogens is 6. The van der Waals surface area contributed by atoms with E-state index in [-0.39, 0.29) is 8.55 Å². The van der Waals surface area contributed by atoms with Crippen LogP contribution in [0.25, 0.3) is 0 Å². The van der Waals surface area contributed by atoms with Gasteiger partial charge >= 0.3 is 6.18 Å². The predicted octanol–water partition coefficient (Wildman–Crippen LogP) is 3.67. The van der Waals surface area contributed by atoms with E-state index in [1.54, 1.807) is 4.72 Å². The lowest BCUT2D eigenvalue weighted by Gasteiger charge is -2.28. The van der Waals surface area contributed by atoms with E-state index in [1.807, 2.05) is 0 Å². The molecule has 2 aromatic rings. The van der Waals surface area contributed by atoms with E-state index in [0.29, 0.717) is 29.5 Å². The Morgan fingerprint density at radius 3 is 2.15 bits per heavy atom. The van der Waals surface area contributed by atoms with E-state index in [1.165, 1.54) is 6.07 Å². The Hall–Kier alpha value is -1.27. The molecule has 0 aliphatic rings. The van der Waals surface area contributed by atoms with Crippen molar-refractivity contribution in [2.24, 2.45) is 0 Å². The Bertz CT molecular complexity index is 865. The van der Waals surface area contributed by atoms with Gasteiger partial charge in [0, 0.05) is 6.07 Å². The van der Waals surface area contributed by atoms with Crippen LogP contribution in [0.2, 0.25) is 4.34 Å². The van der Waals surface area contributed by atoms with Crippen molar-refractivity contribution in [3.63, 3.8) is 0 Å². The first-order valence-corrected chi connectivity index (χ1v) is 9.53. The van der Waals surface area contributed by atoms with Crippen LogP contribution >= 0.6 is 22.9 Å². The largest absolute Gasteiger partial charge is 0.397 e. The first-order valence-electron chi connectivity index (χ1n) is 6.85. The molecule has 2 N–H and O–H groups in total. The summed E-state index contributed by atoms with van der Waals surface area (Å²) in [4.78, 5) is 0. The second-order valence-corrected chi connectivity index (χ2v) is 8.85. The summed E-state index contributed by atoms with van der Waals surface area (Å²) in [6, 6.07) is 1.44. The highest BCUT2D eigenvalue weighted by atomic mass is 35.5. The van der Waals surface area contributed by atoms with Crippen LogP contribution in [0.1, 0.15) is 11.5 Å². The molecule has 2 rings (SSSR count). The lowest BCUT2D eigenvalue weighted by Crippen LogP contribution is -2.46. The number of hydrogen-bond donors (Lipinski definition) is 2. The third-order valence-corrected chi connectivity index (χ3v) is 6.53. The summed E-state index contributed by atoms with van der Waals surface area (Å²) in [5.41, 5.74) is -0.860. The highest BCUT2D eigenvalue weighted by molar-refractivity contribution is 7.91. The average Bonchev–Trinajstić information content (AvgIpc) is 2.91. The van der Waals surface area contributed by atoms with Gasteiger partial charge in [0.15, 0.2) is 0 Å². The molecule has 4 nitrogen and oxygen atoms in total. The molecule has 0 unspecified atom stereocenters. The van der Waals surface area contributed by atoms with Crippen LogP contribution in [-0.4, -0.2) is 32.3 Å². The lowest BCUT2D eigenvalue weighted by molar-refractivity contribution is -0.158. The van der Waals surface area contributed by atoms with Gasteiger partial charge in [-0.1, -0.05) is 11.6 Å². The van der Waals surface area contributed by atoms with E-state index < -0.39 is 52.0 Å². The third kappa shape index (κ3) is 4.92. The zero-order valence-electron chi connectivity index (χ0n) is 12.6. The molecule has 0 bridgehead atoms. The number of thiophene rings is 1. The van der Waals surface area contributed by atoms with Crippen LogP contribution in [0.3, 0.4) is 0 Å². The molecule has 0 saturated carbocycles. The molecule has 12 heteroatoms. The normalized spacial score (nSPS) is 15.0. The van der Waals surface area contributed by atoms with Crippen LogP contribution in [0.5, 0.6) is 0 Å². The van der Waals surface area contributed by atoms with Crippen molar-refractivity contribution in [1.29, 1.82) is 0 Å². The van der Waals surface area contributed by atoms with Crippen molar-refractivity contribution < 1.29 is 35.5 Å². The van der Waals surface area contributed by atoms with Gasteiger partial charge in [-0.15, -0.1) is 11.3 Å². The van der Waals surface area contributed by atoms with E-state index in [9.17, 15) is 35.5 Å². The molecule has 1 aromatic carbocycles. The minimum absolute atomic E-state index is 0.0884. The fraction of sp³-hybridized carbons (Fsp3) is 0.286. The molecule has 1 heterocycles. The summed E-state index contributed by atoms with van der Waals surface area (Å²) in [5, 5.41) is 9.34. The quantitative estimate of drug-likeness (QED) is 0.680. The summed E-state index contributed by atoms with van der Waals surface area (Å²) < 4.78 is 93.0. The molecule has 0 aliphatic carbocycles. The minimum Gasteiger partial charge on any atom is -0.395 e. The Morgan fingerprint density at radius 2 is 1.73 bits per heavy atom. The van der Waals surface area contributed by atoms with E-state index in [0.717, 1.165) is 6.07 Å². The third-order valence-electron chi connectivity index (χ3n) is 3.32. The van der Waals surface area contributed by atoms with Crippen LogP contribution in [0.15, 0.2) is 34.5 Å². The molecule has 0 saturated heterocycles. The molecule has 0 spiro atoms. The van der Waals surface area contributed by atoms with Crippen molar-refractivity contribution in [3.05, 3.63) is 51.9 Å². The smallest absolute Gasteiger partial charge is 0.395 e. The molecule has 26 heavy (non-hydrogen) atoms. The fourth-order valence-corrected chi connectivity index (χ4v) is 5.05. The van der Waals surface area contributed by atoms with Crippen LogP contribution in [-0.2, 0) is 10.0 Å². The zero-order valence-corrected chi connectivity index (χ0v) is 15.0. The molecule has 1 aromatic heterocycles. The Kier molecular flexibility index (Phi) is 6.28.